The Hall–Kier alpha value is -3.41. The van der Waals surface area contributed by atoms with Gasteiger partial charge in [-0.3, -0.25) is 4.98 Å². The highest BCUT2D eigenvalue weighted by atomic mass is 16.7. The number of rotatable bonds is 12. The second kappa shape index (κ2) is 13.8. The lowest BCUT2D eigenvalue weighted by atomic mass is 10.1. The highest BCUT2D eigenvalue weighted by Gasteiger charge is 2.22. The number of pyridine rings is 1. The number of para-hydroxylation sites is 2. The molecule has 11 nitrogen and oxygen atoms in total. The molecule has 3 N–H and O–H groups in total. The number of nitrogens with one attached hydrogen (secondary N) is 2. The van der Waals surface area contributed by atoms with Crippen LogP contribution in [0.4, 0.5) is 10.7 Å². The van der Waals surface area contributed by atoms with Gasteiger partial charge in [0.05, 0.1) is 24.2 Å². The Balaban J connectivity index is 1.24. The molecule has 2 aliphatic rings. The van der Waals surface area contributed by atoms with E-state index in [0.717, 1.165) is 92.5 Å². The van der Waals surface area contributed by atoms with Gasteiger partial charge in [-0.05, 0) is 63.3 Å². The number of carboxylic acid groups (broad SMARTS) is 1. The number of imidazole rings is 1. The van der Waals surface area contributed by atoms with Crippen molar-refractivity contribution in [2.45, 2.75) is 57.9 Å². The van der Waals surface area contributed by atoms with Gasteiger partial charge in [0, 0.05) is 44.5 Å². The zero-order valence-corrected chi connectivity index (χ0v) is 23.2. The molecule has 5 rings (SSSR count). The monoisotopic (exact) mass is 552 g/mol. The molecular formula is C29H40N6O5. The van der Waals surface area contributed by atoms with Gasteiger partial charge in [-0.25, -0.2) is 9.78 Å². The summed E-state index contributed by atoms with van der Waals surface area (Å²) in [6.45, 7) is 7.13. The summed E-state index contributed by atoms with van der Waals surface area (Å²) in [6.07, 6.45) is 3.97. The van der Waals surface area contributed by atoms with Crippen molar-refractivity contribution in [2.75, 3.05) is 51.3 Å². The number of fused-ring (bicyclic) bond motifs is 1. The molecule has 4 heterocycles. The molecule has 2 aliphatic heterocycles. The van der Waals surface area contributed by atoms with Gasteiger partial charge in [-0.2, -0.15) is 0 Å². The van der Waals surface area contributed by atoms with Crippen molar-refractivity contribution in [3.05, 3.63) is 47.8 Å². The summed E-state index contributed by atoms with van der Waals surface area (Å²) in [6, 6.07) is 12.4. The Bertz CT molecular complexity index is 1250. The zero-order valence-electron chi connectivity index (χ0n) is 23.2. The predicted octanol–water partition coefficient (Wildman–Crippen LogP) is 3.85. The van der Waals surface area contributed by atoms with Crippen LogP contribution in [0.25, 0.3) is 11.0 Å². The van der Waals surface area contributed by atoms with Crippen LogP contribution in [0.5, 0.6) is 5.75 Å². The van der Waals surface area contributed by atoms with Gasteiger partial charge in [-0.15, -0.1) is 0 Å². The van der Waals surface area contributed by atoms with Crippen molar-refractivity contribution in [1.82, 2.24) is 24.8 Å². The van der Waals surface area contributed by atoms with E-state index >= 15 is 0 Å². The first-order valence-electron chi connectivity index (χ1n) is 14.3. The van der Waals surface area contributed by atoms with Gasteiger partial charge in [0.2, 0.25) is 5.95 Å². The molecule has 2 fully saturated rings. The minimum Gasteiger partial charge on any atom is -0.489 e. The number of amides is 1. The molecule has 0 bridgehead atoms. The number of hydrogen-bond acceptors (Lipinski definition) is 8. The summed E-state index contributed by atoms with van der Waals surface area (Å²) < 4.78 is 19.8. The van der Waals surface area contributed by atoms with Crippen LogP contribution in [0.15, 0.2) is 36.4 Å². The maximum atomic E-state index is 10.7. The third-order valence-corrected chi connectivity index (χ3v) is 7.44. The summed E-state index contributed by atoms with van der Waals surface area (Å²) in [5.74, 6) is 1.56. The molecule has 0 saturated carbocycles. The lowest BCUT2D eigenvalue weighted by Crippen LogP contribution is -2.42. The number of aromatic nitrogens is 3. The SMILES string of the molecule is Cc1ccc(OCCOC2CCCCO2)c(Cn2c(NC3CCN(CCNC(=O)O)CC3)nc3ccccc32)n1. The van der Waals surface area contributed by atoms with Gasteiger partial charge < -0.3 is 39.4 Å². The Kier molecular flexibility index (Phi) is 9.69. The first kappa shape index (κ1) is 28.1. The standard InChI is InChI=1S/C29H40N6O5/c1-21-9-10-26(38-18-19-40-27-8-4-5-17-39-27)24(31-21)20-35-25-7-3-2-6-23(25)33-28(35)32-22-11-14-34(15-12-22)16-13-30-29(36)37/h2-3,6-7,9-10,22,27,30H,4-5,8,11-20H2,1H3,(H,32,33)(H,36,37). The second-order valence-electron chi connectivity index (χ2n) is 10.4. The quantitative estimate of drug-likeness (QED) is 0.288. The number of piperidine rings is 1. The molecular weight excluding hydrogens is 512 g/mol. The minimum absolute atomic E-state index is 0.132. The number of likely N-dealkylation sites (tertiary alicyclic amines) is 1. The van der Waals surface area contributed by atoms with Crippen LogP contribution in [-0.4, -0.2) is 89.0 Å². The van der Waals surface area contributed by atoms with Crippen molar-refractivity contribution >= 4 is 23.1 Å². The van der Waals surface area contributed by atoms with Crippen LogP contribution in [0.2, 0.25) is 0 Å². The van der Waals surface area contributed by atoms with E-state index in [1.54, 1.807) is 0 Å². The first-order valence-corrected chi connectivity index (χ1v) is 14.3. The van der Waals surface area contributed by atoms with E-state index in [2.05, 4.69) is 26.2 Å². The maximum absolute atomic E-state index is 10.7. The lowest BCUT2D eigenvalue weighted by Gasteiger charge is -2.32. The molecule has 2 saturated heterocycles. The average molecular weight is 553 g/mol. The van der Waals surface area contributed by atoms with Crippen molar-refractivity contribution in [3.63, 3.8) is 0 Å². The van der Waals surface area contributed by atoms with Crippen LogP contribution in [0.3, 0.4) is 0 Å². The Morgan fingerprint density at radius 1 is 1.10 bits per heavy atom. The van der Waals surface area contributed by atoms with E-state index in [4.69, 9.17) is 29.3 Å². The zero-order chi connectivity index (χ0) is 27.7. The highest BCUT2D eigenvalue weighted by Crippen LogP contribution is 2.26. The summed E-state index contributed by atoms with van der Waals surface area (Å²) >= 11 is 0. The second-order valence-corrected chi connectivity index (χ2v) is 10.4. The number of benzene rings is 1. The summed E-state index contributed by atoms with van der Waals surface area (Å²) in [5, 5.41) is 14.9. The number of ether oxygens (including phenoxy) is 3. The molecule has 216 valence electrons. The fraction of sp³-hybridized carbons (Fsp3) is 0.552. The Morgan fingerprint density at radius 2 is 1.95 bits per heavy atom. The number of carbonyl (C=O) groups is 1. The third-order valence-electron chi connectivity index (χ3n) is 7.44. The molecule has 1 unspecified atom stereocenters. The lowest BCUT2D eigenvalue weighted by molar-refractivity contribution is -0.165. The van der Waals surface area contributed by atoms with Crippen molar-refractivity contribution in [2.24, 2.45) is 0 Å². The van der Waals surface area contributed by atoms with Gasteiger partial charge in [0.1, 0.15) is 18.1 Å². The number of aryl methyl sites for hydroxylation is 1. The normalized spacial score (nSPS) is 18.6. The third kappa shape index (κ3) is 7.61. The van der Waals surface area contributed by atoms with Gasteiger partial charge in [-0.1, -0.05) is 12.1 Å². The first-order chi connectivity index (χ1) is 19.5. The number of nitrogens with zero attached hydrogens (tertiary/aromatic N) is 4. The summed E-state index contributed by atoms with van der Waals surface area (Å²) in [7, 11) is 0. The molecule has 0 spiro atoms. The van der Waals surface area contributed by atoms with Gasteiger partial charge >= 0.3 is 6.09 Å². The van der Waals surface area contributed by atoms with E-state index in [-0.39, 0.29) is 12.3 Å². The van der Waals surface area contributed by atoms with Crippen molar-refractivity contribution in [1.29, 1.82) is 0 Å². The minimum atomic E-state index is -0.977. The maximum Gasteiger partial charge on any atom is 0.404 e. The van der Waals surface area contributed by atoms with Crippen LogP contribution in [-0.2, 0) is 16.0 Å². The van der Waals surface area contributed by atoms with Crippen LogP contribution in [0, 0.1) is 6.92 Å². The van der Waals surface area contributed by atoms with E-state index in [9.17, 15) is 4.79 Å². The molecule has 1 amide bonds. The smallest absolute Gasteiger partial charge is 0.404 e. The molecule has 2 aromatic heterocycles. The largest absolute Gasteiger partial charge is 0.489 e. The fourth-order valence-corrected chi connectivity index (χ4v) is 5.32. The van der Waals surface area contributed by atoms with E-state index in [1.165, 1.54) is 0 Å². The van der Waals surface area contributed by atoms with E-state index in [0.29, 0.717) is 26.3 Å². The molecule has 40 heavy (non-hydrogen) atoms. The van der Waals surface area contributed by atoms with Crippen LogP contribution >= 0.6 is 0 Å². The highest BCUT2D eigenvalue weighted by molar-refractivity contribution is 5.78. The van der Waals surface area contributed by atoms with Gasteiger partial charge in [0.25, 0.3) is 0 Å². The Labute approximate surface area is 234 Å². The molecule has 0 aliphatic carbocycles. The summed E-state index contributed by atoms with van der Waals surface area (Å²) in [5.41, 5.74) is 3.74. The summed E-state index contributed by atoms with van der Waals surface area (Å²) in [4.78, 5) is 22.8. The van der Waals surface area contributed by atoms with Crippen molar-refractivity contribution in [3.8, 4) is 5.75 Å². The molecule has 11 heteroatoms. The predicted molar refractivity (Wildman–Crippen MR) is 152 cm³/mol. The van der Waals surface area contributed by atoms with Gasteiger partial charge in [0.15, 0.2) is 6.29 Å². The molecule has 0 radical (unpaired) electrons. The van der Waals surface area contributed by atoms with Crippen molar-refractivity contribution < 1.29 is 24.1 Å². The fourth-order valence-electron chi connectivity index (χ4n) is 5.32. The van der Waals surface area contributed by atoms with E-state index in [1.807, 2.05) is 37.3 Å². The molecule has 1 atom stereocenters. The van der Waals surface area contributed by atoms with Crippen LogP contribution in [0.1, 0.15) is 43.5 Å². The van der Waals surface area contributed by atoms with E-state index < -0.39 is 6.09 Å². The topological polar surface area (TPSA) is 123 Å². The van der Waals surface area contributed by atoms with Crippen LogP contribution < -0.4 is 15.4 Å². The molecule has 1 aromatic carbocycles. The number of hydrogen-bond donors (Lipinski definition) is 3. The molecule has 3 aromatic rings. The Morgan fingerprint density at radius 3 is 2.75 bits per heavy atom. The average Bonchev–Trinajstić information content (AvgIpc) is 3.30. The number of anilines is 1.